The van der Waals surface area contributed by atoms with Crippen LogP contribution >= 0.6 is 0 Å². The number of hydrogen-bond acceptors (Lipinski definition) is 2. The molecular formula is C13H13F2NO3. The van der Waals surface area contributed by atoms with Crippen molar-refractivity contribution in [3.8, 4) is 0 Å². The molecule has 6 heteroatoms. The average molecular weight is 269 g/mol. The van der Waals surface area contributed by atoms with Crippen molar-refractivity contribution in [1.29, 1.82) is 0 Å². The van der Waals surface area contributed by atoms with E-state index in [2.05, 4.69) is 5.32 Å². The third-order valence-corrected chi connectivity index (χ3v) is 2.17. The van der Waals surface area contributed by atoms with Gasteiger partial charge in [-0.3, -0.25) is 9.59 Å². The van der Waals surface area contributed by atoms with Gasteiger partial charge in [0.2, 0.25) is 5.91 Å². The molecule has 1 aromatic rings. The second-order valence-corrected chi connectivity index (χ2v) is 3.86. The van der Waals surface area contributed by atoms with Gasteiger partial charge in [-0.2, -0.15) is 0 Å². The number of allylic oxidation sites excluding steroid dienone is 1. The smallest absolute Gasteiger partial charge is 0.303 e. The lowest BCUT2D eigenvalue weighted by Crippen LogP contribution is -2.19. The molecule has 1 amide bonds. The van der Waals surface area contributed by atoms with Gasteiger partial charge in [0.05, 0.1) is 6.42 Å². The fraction of sp³-hybridized carbons (Fsp3) is 0.231. The van der Waals surface area contributed by atoms with Crippen molar-refractivity contribution in [2.75, 3.05) is 0 Å². The van der Waals surface area contributed by atoms with Gasteiger partial charge in [0.15, 0.2) is 0 Å². The quantitative estimate of drug-likeness (QED) is 0.830. The van der Waals surface area contributed by atoms with Gasteiger partial charge in [0.25, 0.3) is 0 Å². The maximum atomic E-state index is 12.9. The van der Waals surface area contributed by atoms with Crippen LogP contribution in [0.5, 0.6) is 0 Å². The maximum Gasteiger partial charge on any atom is 0.303 e. The van der Waals surface area contributed by atoms with E-state index in [1.807, 2.05) is 0 Å². The van der Waals surface area contributed by atoms with E-state index in [-0.39, 0.29) is 18.4 Å². The molecule has 0 aromatic heterocycles. The van der Waals surface area contributed by atoms with Crippen molar-refractivity contribution in [3.05, 3.63) is 47.7 Å². The minimum Gasteiger partial charge on any atom is -0.481 e. The molecule has 0 saturated heterocycles. The summed E-state index contributed by atoms with van der Waals surface area (Å²) in [6.45, 7) is 0. The summed E-state index contributed by atoms with van der Waals surface area (Å²) in [5.41, 5.74) is 0.230. The lowest BCUT2D eigenvalue weighted by molar-refractivity contribution is -0.136. The Kier molecular flexibility index (Phi) is 5.66. The van der Waals surface area contributed by atoms with Gasteiger partial charge in [0, 0.05) is 12.5 Å². The minimum atomic E-state index is -0.925. The first-order valence-electron chi connectivity index (χ1n) is 5.58. The molecule has 102 valence electrons. The fourth-order valence-electron chi connectivity index (χ4n) is 1.39. The van der Waals surface area contributed by atoms with Gasteiger partial charge in [0.1, 0.15) is 11.6 Å². The Morgan fingerprint density at radius 1 is 1.21 bits per heavy atom. The lowest BCUT2D eigenvalue weighted by atomic mass is 10.1. The highest BCUT2D eigenvalue weighted by Crippen LogP contribution is 2.08. The zero-order chi connectivity index (χ0) is 14.3. The van der Waals surface area contributed by atoms with Crippen LogP contribution in [0.15, 0.2) is 30.5 Å². The van der Waals surface area contributed by atoms with Crippen LogP contribution in [0.4, 0.5) is 8.78 Å². The van der Waals surface area contributed by atoms with Crippen LogP contribution in [-0.2, 0) is 16.0 Å². The van der Waals surface area contributed by atoms with E-state index in [0.717, 1.165) is 18.2 Å². The molecular weight excluding hydrogens is 256 g/mol. The van der Waals surface area contributed by atoms with E-state index >= 15 is 0 Å². The molecule has 0 spiro atoms. The lowest BCUT2D eigenvalue weighted by Gasteiger charge is -2.01. The largest absolute Gasteiger partial charge is 0.481 e. The van der Waals surface area contributed by atoms with E-state index in [0.29, 0.717) is 6.42 Å². The van der Waals surface area contributed by atoms with Crippen LogP contribution in [0.25, 0.3) is 0 Å². The van der Waals surface area contributed by atoms with Crippen LogP contribution in [0, 0.1) is 11.6 Å². The van der Waals surface area contributed by atoms with Crippen LogP contribution < -0.4 is 5.32 Å². The average Bonchev–Trinajstić information content (AvgIpc) is 2.26. The van der Waals surface area contributed by atoms with Crippen molar-refractivity contribution in [1.82, 2.24) is 5.32 Å². The predicted octanol–water partition coefficient (Wildman–Crippen LogP) is 2.00. The first-order chi connectivity index (χ1) is 8.97. The molecule has 0 aliphatic carbocycles. The number of halogens is 2. The fourth-order valence-corrected chi connectivity index (χ4v) is 1.39. The topological polar surface area (TPSA) is 66.4 Å². The van der Waals surface area contributed by atoms with E-state index in [1.54, 1.807) is 0 Å². The zero-order valence-electron chi connectivity index (χ0n) is 10.0. The number of hydrogen-bond donors (Lipinski definition) is 2. The highest BCUT2D eigenvalue weighted by molar-refractivity contribution is 5.79. The molecule has 0 saturated carbocycles. The molecule has 0 fully saturated rings. The van der Waals surface area contributed by atoms with Crippen molar-refractivity contribution in [3.63, 3.8) is 0 Å². The predicted molar refractivity (Wildman–Crippen MR) is 64.2 cm³/mol. The van der Waals surface area contributed by atoms with Crippen molar-refractivity contribution in [2.45, 2.75) is 19.3 Å². The summed E-state index contributed by atoms with van der Waals surface area (Å²) in [7, 11) is 0. The normalized spacial score (nSPS) is 10.6. The number of benzene rings is 1. The summed E-state index contributed by atoms with van der Waals surface area (Å²) in [4.78, 5) is 21.6. The standard InChI is InChI=1S/C13H13F2NO3/c14-10-5-9(6-11(15)8-10)7-12(17)16-4-2-1-3-13(18)19/h2,4-6,8H,1,3,7H2,(H,16,17)(H,18,19). The summed E-state index contributed by atoms with van der Waals surface area (Å²) < 4.78 is 25.7. The molecule has 0 radical (unpaired) electrons. The molecule has 0 unspecified atom stereocenters. The number of carbonyl (C=O) groups excluding carboxylic acids is 1. The number of carbonyl (C=O) groups is 2. The van der Waals surface area contributed by atoms with Gasteiger partial charge >= 0.3 is 5.97 Å². The third kappa shape index (κ3) is 6.30. The molecule has 1 rings (SSSR count). The van der Waals surface area contributed by atoms with Crippen molar-refractivity contribution in [2.24, 2.45) is 0 Å². The molecule has 4 nitrogen and oxygen atoms in total. The van der Waals surface area contributed by atoms with Gasteiger partial charge in [-0.25, -0.2) is 8.78 Å². The number of aliphatic carboxylic acids is 1. The maximum absolute atomic E-state index is 12.9. The number of rotatable bonds is 6. The molecule has 1 aromatic carbocycles. The van der Waals surface area contributed by atoms with E-state index < -0.39 is 23.5 Å². The Hall–Kier alpha value is -2.24. The first kappa shape index (κ1) is 14.8. The Morgan fingerprint density at radius 3 is 2.42 bits per heavy atom. The molecule has 0 bridgehead atoms. The Labute approximate surface area is 108 Å². The van der Waals surface area contributed by atoms with Gasteiger partial charge in [-0.15, -0.1) is 0 Å². The molecule has 0 atom stereocenters. The third-order valence-electron chi connectivity index (χ3n) is 2.17. The number of amides is 1. The highest BCUT2D eigenvalue weighted by atomic mass is 19.1. The van der Waals surface area contributed by atoms with Gasteiger partial charge in [-0.05, 0) is 30.3 Å². The van der Waals surface area contributed by atoms with Crippen LogP contribution in [0.2, 0.25) is 0 Å². The summed E-state index contributed by atoms with van der Waals surface area (Å²) >= 11 is 0. The number of carboxylic acid groups (broad SMARTS) is 1. The first-order valence-corrected chi connectivity index (χ1v) is 5.58. The van der Waals surface area contributed by atoms with E-state index in [4.69, 9.17) is 5.11 Å². The summed E-state index contributed by atoms with van der Waals surface area (Å²) in [6.07, 6.45) is 2.93. The van der Waals surface area contributed by atoms with Gasteiger partial charge in [-0.1, -0.05) is 6.08 Å². The van der Waals surface area contributed by atoms with E-state index in [1.165, 1.54) is 12.3 Å². The second kappa shape index (κ2) is 7.25. The molecule has 0 heterocycles. The zero-order valence-corrected chi connectivity index (χ0v) is 10.0. The van der Waals surface area contributed by atoms with Crippen molar-refractivity contribution >= 4 is 11.9 Å². The minimum absolute atomic E-state index is 0.0263. The Morgan fingerprint density at radius 2 is 1.84 bits per heavy atom. The molecule has 0 aliphatic heterocycles. The summed E-state index contributed by atoms with van der Waals surface area (Å²) in [5, 5.41) is 10.8. The number of nitrogens with one attached hydrogen (secondary N) is 1. The van der Waals surface area contributed by atoms with E-state index in [9.17, 15) is 18.4 Å². The highest BCUT2D eigenvalue weighted by Gasteiger charge is 2.05. The Bertz CT molecular complexity index is 480. The van der Waals surface area contributed by atoms with Crippen LogP contribution in [0.1, 0.15) is 18.4 Å². The molecule has 19 heavy (non-hydrogen) atoms. The molecule has 2 N–H and O–H groups in total. The van der Waals surface area contributed by atoms with Crippen LogP contribution in [0.3, 0.4) is 0 Å². The van der Waals surface area contributed by atoms with Gasteiger partial charge < -0.3 is 10.4 Å². The SMILES string of the molecule is O=C(O)CCC=CNC(=O)Cc1cc(F)cc(F)c1. The number of carboxylic acids is 1. The Balaban J connectivity index is 2.40. The monoisotopic (exact) mass is 269 g/mol. The molecule has 0 aliphatic rings. The van der Waals surface area contributed by atoms with Crippen molar-refractivity contribution < 1.29 is 23.5 Å². The second-order valence-electron chi connectivity index (χ2n) is 3.86. The van der Waals surface area contributed by atoms with Crippen LogP contribution in [-0.4, -0.2) is 17.0 Å². The summed E-state index contributed by atoms with van der Waals surface area (Å²) in [5.74, 6) is -2.83. The summed E-state index contributed by atoms with van der Waals surface area (Å²) in [6, 6.07) is 2.89.